The van der Waals surface area contributed by atoms with E-state index in [9.17, 15) is 9.59 Å². The van der Waals surface area contributed by atoms with Crippen LogP contribution in [-0.2, 0) is 11.2 Å². The summed E-state index contributed by atoms with van der Waals surface area (Å²) >= 11 is 12.0. The first-order chi connectivity index (χ1) is 11.5. The van der Waals surface area contributed by atoms with Gasteiger partial charge in [-0.1, -0.05) is 29.3 Å². The summed E-state index contributed by atoms with van der Waals surface area (Å²) in [6.07, 6.45) is 2.07. The number of carbonyl (C=O) groups is 2. The van der Waals surface area contributed by atoms with Crippen LogP contribution < -0.4 is 16.0 Å². The van der Waals surface area contributed by atoms with Gasteiger partial charge < -0.3 is 16.0 Å². The van der Waals surface area contributed by atoms with E-state index >= 15 is 0 Å². The monoisotopic (exact) mass is 363 g/mol. The third-order valence-electron chi connectivity index (χ3n) is 3.69. The summed E-state index contributed by atoms with van der Waals surface area (Å²) in [7, 11) is 0. The molecule has 0 aliphatic carbocycles. The number of amides is 3. The second-order valence-corrected chi connectivity index (χ2v) is 6.24. The average molecular weight is 364 g/mol. The van der Waals surface area contributed by atoms with Crippen LogP contribution in [0.15, 0.2) is 36.4 Å². The largest absolute Gasteiger partial charge is 0.326 e. The SMILES string of the molecule is O=C1CCCc2cc(NC(=O)Nc3cccc(Cl)c3Cl)ccc2N1. The number of benzene rings is 2. The van der Waals surface area contributed by atoms with Crippen LogP contribution in [0.1, 0.15) is 18.4 Å². The molecule has 0 fully saturated rings. The van der Waals surface area contributed by atoms with Crippen LogP contribution in [0.3, 0.4) is 0 Å². The van der Waals surface area contributed by atoms with Crippen LogP contribution in [-0.4, -0.2) is 11.9 Å². The van der Waals surface area contributed by atoms with Crippen LogP contribution in [0.4, 0.5) is 21.9 Å². The summed E-state index contributed by atoms with van der Waals surface area (Å²) in [4.78, 5) is 23.7. The predicted octanol–water partition coefficient (Wildman–Crippen LogP) is 4.91. The molecule has 3 N–H and O–H groups in total. The maximum atomic E-state index is 12.1. The third kappa shape index (κ3) is 3.80. The Morgan fingerprint density at radius 1 is 1.08 bits per heavy atom. The molecule has 5 nitrogen and oxygen atoms in total. The fourth-order valence-electron chi connectivity index (χ4n) is 2.54. The highest BCUT2D eigenvalue weighted by Crippen LogP contribution is 2.30. The maximum absolute atomic E-state index is 12.1. The Bertz CT molecular complexity index is 808. The molecule has 0 spiro atoms. The van der Waals surface area contributed by atoms with Gasteiger partial charge in [0.1, 0.15) is 0 Å². The molecule has 2 aromatic rings. The van der Waals surface area contributed by atoms with Crippen molar-refractivity contribution < 1.29 is 9.59 Å². The summed E-state index contributed by atoms with van der Waals surface area (Å²) in [6.45, 7) is 0. The number of anilines is 3. The molecule has 0 atom stereocenters. The van der Waals surface area contributed by atoms with Gasteiger partial charge in [-0.05, 0) is 48.7 Å². The number of nitrogens with one attached hydrogen (secondary N) is 3. The summed E-state index contributed by atoms with van der Waals surface area (Å²) in [6, 6.07) is 9.99. The van der Waals surface area contributed by atoms with Gasteiger partial charge in [-0.2, -0.15) is 0 Å². The van der Waals surface area contributed by atoms with Crippen molar-refractivity contribution in [1.29, 1.82) is 0 Å². The Labute approximate surface area is 149 Å². The van der Waals surface area contributed by atoms with Crippen molar-refractivity contribution in [1.82, 2.24) is 0 Å². The van der Waals surface area contributed by atoms with Crippen molar-refractivity contribution in [3.63, 3.8) is 0 Å². The normalized spacial score (nSPS) is 13.5. The van der Waals surface area contributed by atoms with Crippen LogP contribution >= 0.6 is 23.2 Å². The number of urea groups is 1. The lowest BCUT2D eigenvalue weighted by Gasteiger charge is -2.12. The maximum Gasteiger partial charge on any atom is 0.323 e. The Morgan fingerprint density at radius 3 is 2.75 bits per heavy atom. The average Bonchev–Trinajstić information content (AvgIpc) is 2.72. The topological polar surface area (TPSA) is 70.2 Å². The number of carbonyl (C=O) groups excluding carboxylic acids is 2. The lowest BCUT2D eigenvalue weighted by atomic mass is 10.1. The molecule has 7 heteroatoms. The van der Waals surface area contributed by atoms with E-state index in [1.807, 2.05) is 6.07 Å². The van der Waals surface area contributed by atoms with Crippen molar-refractivity contribution in [3.05, 3.63) is 52.0 Å². The first kappa shape index (κ1) is 16.6. The van der Waals surface area contributed by atoms with E-state index in [0.29, 0.717) is 27.8 Å². The summed E-state index contributed by atoms with van der Waals surface area (Å²) < 4.78 is 0. The number of fused-ring (bicyclic) bond motifs is 1. The molecule has 0 saturated carbocycles. The number of rotatable bonds is 2. The van der Waals surface area contributed by atoms with Gasteiger partial charge in [0.25, 0.3) is 0 Å². The number of hydrogen-bond acceptors (Lipinski definition) is 2. The highest BCUT2D eigenvalue weighted by molar-refractivity contribution is 6.44. The first-order valence-corrected chi connectivity index (χ1v) is 8.23. The summed E-state index contributed by atoms with van der Waals surface area (Å²) in [5.74, 6) is 0.0165. The molecule has 1 aliphatic rings. The molecule has 3 amide bonds. The molecule has 0 unspecified atom stereocenters. The molecule has 2 aromatic carbocycles. The summed E-state index contributed by atoms with van der Waals surface area (Å²) in [5, 5.41) is 8.94. The zero-order valence-electron chi connectivity index (χ0n) is 12.7. The van der Waals surface area contributed by atoms with Gasteiger partial charge in [0.15, 0.2) is 0 Å². The highest BCUT2D eigenvalue weighted by Gasteiger charge is 2.14. The van der Waals surface area contributed by atoms with Gasteiger partial charge in [0, 0.05) is 17.8 Å². The van der Waals surface area contributed by atoms with Gasteiger partial charge in [0.2, 0.25) is 5.91 Å². The lowest BCUT2D eigenvalue weighted by Crippen LogP contribution is -2.19. The second kappa shape index (κ2) is 7.11. The Balaban J connectivity index is 1.72. The predicted molar refractivity (Wildman–Crippen MR) is 97.1 cm³/mol. The van der Waals surface area contributed by atoms with Gasteiger partial charge in [-0.15, -0.1) is 0 Å². The molecule has 0 radical (unpaired) electrons. The van der Waals surface area contributed by atoms with E-state index in [1.54, 1.807) is 30.3 Å². The fourth-order valence-corrected chi connectivity index (χ4v) is 2.89. The zero-order valence-corrected chi connectivity index (χ0v) is 14.2. The van der Waals surface area contributed by atoms with E-state index in [0.717, 1.165) is 24.1 Å². The molecule has 0 bridgehead atoms. The van der Waals surface area contributed by atoms with Crippen molar-refractivity contribution >= 4 is 52.2 Å². The van der Waals surface area contributed by atoms with Gasteiger partial charge in [-0.25, -0.2) is 4.79 Å². The second-order valence-electron chi connectivity index (χ2n) is 5.45. The molecule has 1 aliphatic heterocycles. The van der Waals surface area contributed by atoms with E-state index in [2.05, 4.69) is 16.0 Å². The number of halogens is 2. The fraction of sp³-hybridized carbons (Fsp3) is 0.176. The molecule has 24 heavy (non-hydrogen) atoms. The molecule has 124 valence electrons. The van der Waals surface area contributed by atoms with Crippen LogP contribution in [0.25, 0.3) is 0 Å². The molecule has 3 rings (SSSR count). The molecule has 0 saturated heterocycles. The molecule has 1 heterocycles. The van der Waals surface area contributed by atoms with E-state index < -0.39 is 6.03 Å². The van der Waals surface area contributed by atoms with Crippen molar-refractivity contribution in [2.75, 3.05) is 16.0 Å². The standard InChI is InChI=1S/C17H15Cl2N3O2/c18-12-4-2-5-14(16(12)19)22-17(24)20-11-7-8-13-10(9-11)3-1-6-15(23)21-13/h2,4-5,7-9H,1,3,6H2,(H,21,23)(H2,20,22,24). The molecular formula is C17H15Cl2N3O2. The Kier molecular flexibility index (Phi) is 4.92. The van der Waals surface area contributed by atoms with Crippen LogP contribution in [0, 0.1) is 0 Å². The van der Waals surface area contributed by atoms with Gasteiger partial charge in [0.05, 0.1) is 15.7 Å². The van der Waals surface area contributed by atoms with Crippen LogP contribution in [0.2, 0.25) is 10.0 Å². The van der Waals surface area contributed by atoms with Crippen molar-refractivity contribution in [3.8, 4) is 0 Å². The Hall–Kier alpha value is -2.24. The van der Waals surface area contributed by atoms with Gasteiger partial charge in [-0.3, -0.25) is 4.79 Å². The van der Waals surface area contributed by atoms with Crippen LogP contribution in [0.5, 0.6) is 0 Å². The lowest BCUT2D eigenvalue weighted by molar-refractivity contribution is -0.116. The number of hydrogen-bond donors (Lipinski definition) is 3. The third-order valence-corrected chi connectivity index (χ3v) is 4.51. The highest BCUT2D eigenvalue weighted by atomic mass is 35.5. The minimum atomic E-state index is -0.420. The zero-order chi connectivity index (χ0) is 17.1. The minimum absolute atomic E-state index is 0.0165. The smallest absolute Gasteiger partial charge is 0.323 e. The first-order valence-electron chi connectivity index (χ1n) is 7.48. The number of aryl methyl sites for hydroxylation is 1. The minimum Gasteiger partial charge on any atom is -0.326 e. The van der Waals surface area contributed by atoms with E-state index in [1.165, 1.54) is 0 Å². The van der Waals surface area contributed by atoms with E-state index in [4.69, 9.17) is 23.2 Å². The molecular weight excluding hydrogens is 349 g/mol. The van der Waals surface area contributed by atoms with Crippen molar-refractivity contribution in [2.24, 2.45) is 0 Å². The molecule has 0 aromatic heterocycles. The van der Waals surface area contributed by atoms with Gasteiger partial charge >= 0.3 is 6.03 Å². The van der Waals surface area contributed by atoms with Crippen molar-refractivity contribution in [2.45, 2.75) is 19.3 Å². The summed E-state index contributed by atoms with van der Waals surface area (Å²) in [5.41, 5.74) is 2.87. The van der Waals surface area contributed by atoms with E-state index in [-0.39, 0.29) is 5.91 Å². The Morgan fingerprint density at radius 2 is 1.92 bits per heavy atom. The quantitative estimate of drug-likeness (QED) is 0.708.